The zero-order chi connectivity index (χ0) is 13.8. The number of halogens is 2. The highest BCUT2D eigenvalue weighted by Crippen LogP contribution is 2.26. The van der Waals surface area contributed by atoms with Crippen LogP contribution in [0.1, 0.15) is 18.1 Å². The van der Waals surface area contributed by atoms with Gasteiger partial charge in [0.1, 0.15) is 12.4 Å². The Morgan fingerprint density at radius 3 is 2.63 bits per heavy atom. The molecule has 0 radical (unpaired) electrons. The van der Waals surface area contributed by atoms with E-state index in [0.717, 1.165) is 16.5 Å². The minimum Gasteiger partial charge on any atom is -0.487 e. The Kier molecular flexibility index (Phi) is 4.72. The maximum absolute atomic E-state index is 6.14. The van der Waals surface area contributed by atoms with Crippen molar-refractivity contribution in [3.05, 3.63) is 57.0 Å². The number of nitrogen functional groups attached to an aromatic ring is 1. The van der Waals surface area contributed by atoms with Crippen molar-refractivity contribution >= 4 is 33.2 Å². The number of benzene rings is 2. The molecule has 0 saturated heterocycles. The fourth-order valence-corrected chi connectivity index (χ4v) is 2.47. The number of nitrogens with two attached hydrogens (primary N) is 1. The molecule has 2 aromatic rings. The van der Waals surface area contributed by atoms with Crippen LogP contribution in [0.25, 0.3) is 0 Å². The van der Waals surface area contributed by atoms with Crippen LogP contribution in [0.4, 0.5) is 5.69 Å². The highest BCUT2D eigenvalue weighted by Gasteiger charge is 2.05. The molecule has 2 nitrogen and oxygen atoms in total. The fourth-order valence-electron chi connectivity index (χ4n) is 1.74. The van der Waals surface area contributed by atoms with Crippen LogP contribution in [0.2, 0.25) is 5.02 Å². The average molecular weight is 341 g/mol. The summed E-state index contributed by atoms with van der Waals surface area (Å²) in [6.45, 7) is 2.50. The molecule has 0 amide bonds. The van der Waals surface area contributed by atoms with Gasteiger partial charge < -0.3 is 10.5 Å². The molecule has 0 fully saturated rings. The van der Waals surface area contributed by atoms with Gasteiger partial charge in [-0.3, -0.25) is 0 Å². The Labute approximate surface area is 126 Å². The van der Waals surface area contributed by atoms with Gasteiger partial charge in [-0.05, 0) is 36.2 Å². The summed E-state index contributed by atoms with van der Waals surface area (Å²) < 4.78 is 6.67. The molecule has 0 saturated carbocycles. The summed E-state index contributed by atoms with van der Waals surface area (Å²) in [6.07, 6.45) is 0.961. The molecule has 2 rings (SSSR count). The molecule has 0 aliphatic heterocycles. The first kappa shape index (κ1) is 14.2. The van der Waals surface area contributed by atoms with E-state index in [4.69, 9.17) is 22.1 Å². The lowest BCUT2D eigenvalue weighted by atomic mass is 10.1. The molecule has 0 unspecified atom stereocenters. The number of ether oxygens (including phenoxy) is 1. The predicted molar refractivity (Wildman–Crippen MR) is 83.7 cm³/mol. The Morgan fingerprint density at radius 1 is 1.21 bits per heavy atom. The monoisotopic (exact) mass is 339 g/mol. The Balaban J connectivity index is 2.10. The summed E-state index contributed by atoms with van der Waals surface area (Å²) >= 11 is 9.52. The van der Waals surface area contributed by atoms with Gasteiger partial charge in [0.25, 0.3) is 0 Å². The lowest BCUT2D eigenvalue weighted by molar-refractivity contribution is 0.308. The van der Waals surface area contributed by atoms with E-state index in [9.17, 15) is 0 Å². The number of anilines is 1. The largest absolute Gasteiger partial charge is 0.487 e. The van der Waals surface area contributed by atoms with Crippen molar-refractivity contribution in [2.45, 2.75) is 20.0 Å². The molecule has 4 heteroatoms. The minimum atomic E-state index is 0.405. The molecule has 0 bridgehead atoms. The van der Waals surface area contributed by atoms with E-state index in [2.05, 4.69) is 22.9 Å². The van der Waals surface area contributed by atoms with Gasteiger partial charge in [0.05, 0.1) is 5.69 Å². The second-order valence-electron chi connectivity index (χ2n) is 4.25. The van der Waals surface area contributed by atoms with Crippen molar-refractivity contribution in [3.8, 4) is 5.75 Å². The molecule has 2 N–H and O–H groups in total. The van der Waals surface area contributed by atoms with Gasteiger partial charge in [-0.25, -0.2) is 0 Å². The van der Waals surface area contributed by atoms with Gasteiger partial charge in [0.15, 0.2) is 0 Å². The fraction of sp³-hybridized carbons (Fsp3) is 0.200. The van der Waals surface area contributed by atoms with Crippen molar-refractivity contribution in [1.82, 2.24) is 0 Å². The van der Waals surface area contributed by atoms with Gasteiger partial charge in [0.2, 0.25) is 0 Å². The zero-order valence-electron chi connectivity index (χ0n) is 10.6. The molecule has 0 aromatic heterocycles. The minimum absolute atomic E-state index is 0.405. The maximum Gasteiger partial charge on any atom is 0.142 e. The van der Waals surface area contributed by atoms with Gasteiger partial charge in [-0.2, -0.15) is 0 Å². The van der Waals surface area contributed by atoms with Crippen LogP contribution >= 0.6 is 27.5 Å². The van der Waals surface area contributed by atoms with Crippen LogP contribution in [0, 0.1) is 0 Å². The number of hydrogen-bond donors (Lipinski definition) is 1. The van der Waals surface area contributed by atoms with Gasteiger partial charge in [-0.15, -0.1) is 0 Å². The summed E-state index contributed by atoms with van der Waals surface area (Å²) in [4.78, 5) is 0. The lowest BCUT2D eigenvalue weighted by Crippen LogP contribution is -2.00. The first-order valence-electron chi connectivity index (χ1n) is 6.05. The third-order valence-corrected chi connectivity index (χ3v) is 3.73. The smallest absolute Gasteiger partial charge is 0.142 e. The van der Waals surface area contributed by atoms with E-state index in [-0.39, 0.29) is 0 Å². The molecule has 2 aromatic carbocycles. The van der Waals surface area contributed by atoms with Crippen molar-refractivity contribution in [2.75, 3.05) is 5.73 Å². The summed E-state index contributed by atoms with van der Waals surface area (Å²) in [7, 11) is 0. The number of rotatable bonds is 4. The summed E-state index contributed by atoms with van der Waals surface area (Å²) in [6, 6.07) is 11.6. The van der Waals surface area contributed by atoms with E-state index >= 15 is 0 Å². The molecule has 0 atom stereocenters. The molecule has 100 valence electrons. The van der Waals surface area contributed by atoms with Crippen LogP contribution in [-0.2, 0) is 13.0 Å². The van der Waals surface area contributed by atoms with E-state index in [1.165, 1.54) is 5.56 Å². The van der Waals surface area contributed by atoms with Crippen LogP contribution < -0.4 is 10.5 Å². The SMILES string of the molecule is CCc1ccc(OCc2ccc(Br)cc2Cl)c(N)c1. The summed E-state index contributed by atoms with van der Waals surface area (Å²) in [5.74, 6) is 0.691. The highest BCUT2D eigenvalue weighted by molar-refractivity contribution is 9.10. The van der Waals surface area contributed by atoms with E-state index in [0.29, 0.717) is 23.1 Å². The molecule has 0 aliphatic rings. The van der Waals surface area contributed by atoms with Crippen LogP contribution in [0.5, 0.6) is 5.75 Å². The van der Waals surface area contributed by atoms with E-state index < -0.39 is 0 Å². The molecule has 0 heterocycles. The maximum atomic E-state index is 6.14. The van der Waals surface area contributed by atoms with Crippen LogP contribution in [-0.4, -0.2) is 0 Å². The van der Waals surface area contributed by atoms with Crippen LogP contribution in [0.15, 0.2) is 40.9 Å². The second kappa shape index (κ2) is 6.31. The average Bonchev–Trinajstić information content (AvgIpc) is 2.39. The normalized spacial score (nSPS) is 10.5. The van der Waals surface area contributed by atoms with E-state index in [1.807, 2.05) is 36.4 Å². The lowest BCUT2D eigenvalue weighted by Gasteiger charge is -2.11. The first-order valence-corrected chi connectivity index (χ1v) is 7.22. The van der Waals surface area contributed by atoms with Crippen molar-refractivity contribution in [1.29, 1.82) is 0 Å². The number of aryl methyl sites for hydroxylation is 1. The Morgan fingerprint density at radius 2 is 2.00 bits per heavy atom. The molecular formula is C15H15BrClNO. The van der Waals surface area contributed by atoms with Crippen molar-refractivity contribution < 1.29 is 4.74 Å². The third-order valence-electron chi connectivity index (χ3n) is 2.88. The van der Waals surface area contributed by atoms with Gasteiger partial charge in [0, 0.05) is 15.1 Å². The Hall–Kier alpha value is -1.19. The second-order valence-corrected chi connectivity index (χ2v) is 5.57. The third kappa shape index (κ3) is 3.64. The van der Waals surface area contributed by atoms with Gasteiger partial charge >= 0.3 is 0 Å². The van der Waals surface area contributed by atoms with Crippen LogP contribution in [0.3, 0.4) is 0 Å². The standard InChI is InChI=1S/C15H15BrClNO/c1-2-10-3-6-15(14(18)7-10)19-9-11-4-5-12(16)8-13(11)17/h3-8H,2,9,18H2,1H3. The zero-order valence-corrected chi connectivity index (χ0v) is 13.0. The number of hydrogen-bond acceptors (Lipinski definition) is 2. The Bertz CT molecular complexity index is 586. The molecule has 0 aliphatic carbocycles. The van der Waals surface area contributed by atoms with Crippen molar-refractivity contribution in [3.63, 3.8) is 0 Å². The summed E-state index contributed by atoms with van der Waals surface area (Å²) in [5.41, 5.74) is 8.75. The molecule has 19 heavy (non-hydrogen) atoms. The molecular weight excluding hydrogens is 326 g/mol. The predicted octanol–water partition coefficient (Wildman–Crippen LogP) is 4.83. The van der Waals surface area contributed by atoms with Gasteiger partial charge in [-0.1, -0.05) is 46.6 Å². The first-order chi connectivity index (χ1) is 9.10. The topological polar surface area (TPSA) is 35.2 Å². The van der Waals surface area contributed by atoms with Crippen molar-refractivity contribution in [2.24, 2.45) is 0 Å². The molecule has 0 spiro atoms. The van der Waals surface area contributed by atoms with E-state index in [1.54, 1.807) is 0 Å². The quantitative estimate of drug-likeness (QED) is 0.809. The summed E-state index contributed by atoms with van der Waals surface area (Å²) in [5, 5.41) is 0.679. The highest BCUT2D eigenvalue weighted by atomic mass is 79.9.